The van der Waals surface area contributed by atoms with Gasteiger partial charge in [-0.05, 0) is 61.0 Å². The van der Waals surface area contributed by atoms with Gasteiger partial charge in [-0.25, -0.2) is 0 Å². The summed E-state index contributed by atoms with van der Waals surface area (Å²) in [6, 6.07) is 9.06. The molecule has 20 heavy (non-hydrogen) atoms. The summed E-state index contributed by atoms with van der Waals surface area (Å²) >= 11 is 0. The van der Waals surface area contributed by atoms with Crippen molar-refractivity contribution >= 4 is 5.57 Å². The van der Waals surface area contributed by atoms with Gasteiger partial charge in [0.1, 0.15) is 0 Å². The lowest BCUT2D eigenvalue weighted by atomic mass is 9.66. The summed E-state index contributed by atoms with van der Waals surface area (Å²) in [4.78, 5) is 0. The maximum Gasteiger partial charge on any atom is -0.0227 e. The van der Waals surface area contributed by atoms with Crippen molar-refractivity contribution in [2.75, 3.05) is 0 Å². The minimum Gasteiger partial charge on any atom is -0.0801 e. The molecular formula is C20H30. The van der Waals surface area contributed by atoms with Gasteiger partial charge in [-0.1, -0.05) is 63.6 Å². The van der Waals surface area contributed by atoms with Gasteiger partial charge in [0, 0.05) is 0 Å². The highest BCUT2D eigenvalue weighted by atomic mass is 14.5. The van der Waals surface area contributed by atoms with Crippen LogP contribution in [0.25, 0.3) is 5.57 Å². The van der Waals surface area contributed by atoms with Crippen molar-refractivity contribution in [3.05, 3.63) is 41.5 Å². The van der Waals surface area contributed by atoms with Crippen LogP contribution >= 0.6 is 0 Å². The van der Waals surface area contributed by atoms with Crippen molar-refractivity contribution in [1.29, 1.82) is 0 Å². The standard InChI is InChI=1S/C18H24.C2H6/c1-13-4-7-15(8-5-13)16-10-11-18(3)14(2)6-9-17(18)12-16;1-2/h4-5,7-8,10,14,17H,6,9,11-12H2,1-3H3;1-2H3. The van der Waals surface area contributed by atoms with E-state index in [2.05, 4.69) is 51.1 Å². The van der Waals surface area contributed by atoms with Gasteiger partial charge >= 0.3 is 0 Å². The number of allylic oxidation sites excluding steroid dienone is 2. The first-order chi connectivity index (χ1) is 9.59. The molecule has 0 aliphatic heterocycles. The molecule has 0 N–H and O–H groups in total. The lowest BCUT2D eigenvalue weighted by molar-refractivity contribution is 0.168. The smallest absolute Gasteiger partial charge is 0.0227 e. The molecule has 3 atom stereocenters. The van der Waals surface area contributed by atoms with Crippen molar-refractivity contribution in [2.45, 2.75) is 60.3 Å². The third-order valence-electron chi connectivity index (χ3n) is 5.68. The second kappa shape index (κ2) is 6.16. The third-order valence-corrected chi connectivity index (χ3v) is 5.68. The van der Waals surface area contributed by atoms with Gasteiger partial charge in [0.2, 0.25) is 0 Å². The molecule has 1 aromatic rings. The van der Waals surface area contributed by atoms with E-state index in [1.165, 1.54) is 36.8 Å². The van der Waals surface area contributed by atoms with E-state index in [-0.39, 0.29) is 0 Å². The molecule has 0 heteroatoms. The Labute approximate surface area is 125 Å². The second-order valence-electron chi connectivity index (χ2n) is 6.68. The highest BCUT2D eigenvalue weighted by molar-refractivity contribution is 5.67. The van der Waals surface area contributed by atoms with Crippen LogP contribution < -0.4 is 0 Å². The molecule has 0 heterocycles. The Kier molecular flexibility index (Phi) is 4.73. The van der Waals surface area contributed by atoms with Gasteiger partial charge in [-0.3, -0.25) is 0 Å². The fourth-order valence-electron chi connectivity index (χ4n) is 3.91. The minimum absolute atomic E-state index is 0.578. The average Bonchev–Trinajstić information content (AvgIpc) is 2.77. The SMILES string of the molecule is CC.Cc1ccc(C2=CCC3(C)C(C)CCC3C2)cc1. The van der Waals surface area contributed by atoms with E-state index in [1.807, 2.05) is 13.8 Å². The number of benzene rings is 1. The van der Waals surface area contributed by atoms with Crippen molar-refractivity contribution in [3.63, 3.8) is 0 Å². The second-order valence-corrected chi connectivity index (χ2v) is 6.68. The van der Waals surface area contributed by atoms with Gasteiger partial charge in [-0.15, -0.1) is 0 Å². The first-order valence-electron chi connectivity index (χ1n) is 8.35. The van der Waals surface area contributed by atoms with Crippen molar-refractivity contribution < 1.29 is 0 Å². The molecule has 3 rings (SSSR count). The summed E-state index contributed by atoms with van der Waals surface area (Å²) in [6.07, 6.45) is 7.95. The number of hydrogen-bond acceptors (Lipinski definition) is 0. The zero-order valence-corrected chi connectivity index (χ0v) is 13.9. The zero-order valence-electron chi connectivity index (χ0n) is 13.9. The van der Waals surface area contributed by atoms with Crippen LogP contribution in [0, 0.1) is 24.2 Å². The van der Waals surface area contributed by atoms with Crippen LogP contribution in [0.2, 0.25) is 0 Å². The number of rotatable bonds is 1. The lowest BCUT2D eigenvalue weighted by Gasteiger charge is -2.39. The van der Waals surface area contributed by atoms with Gasteiger partial charge in [0.25, 0.3) is 0 Å². The average molecular weight is 270 g/mol. The molecule has 1 fully saturated rings. The van der Waals surface area contributed by atoms with Crippen molar-refractivity contribution in [3.8, 4) is 0 Å². The molecular weight excluding hydrogens is 240 g/mol. The van der Waals surface area contributed by atoms with Crippen LogP contribution in [0.5, 0.6) is 0 Å². The van der Waals surface area contributed by atoms with Gasteiger partial charge < -0.3 is 0 Å². The van der Waals surface area contributed by atoms with Crippen LogP contribution in [-0.4, -0.2) is 0 Å². The fraction of sp³-hybridized carbons (Fsp3) is 0.600. The summed E-state index contributed by atoms with van der Waals surface area (Å²) in [5, 5.41) is 0. The van der Waals surface area contributed by atoms with Crippen LogP contribution in [-0.2, 0) is 0 Å². The third kappa shape index (κ3) is 2.71. The normalized spacial score (nSPS) is 31.9. The van der Waals surface area contributed by atoms with E-state index in [0.29, 0.717) is 5.41 Å². The van der Waals surface area contributed by atoms with Gasteiger partial charge in [0.05, 0.1) is 0 Å². The monoisotopic (exact) mass is 270 g/mol. The lowest BCUT2D eigenvalue weighted by Crippen LogP contribution is -2.29. The molecule has 1 saturated carbocycles. The molecule has 2 aliphatic rings. The summed E-state index contributed by atoms with van der Waals surface area (Å²) in [5.41, 5.74) is 4.97. The predicted molar refractivity (Wildman–Crippen MR) is 89.7 cm³/mol. The zero-order chi connectivity index (χ0) is 14.8. The molecule has 110 valence electrons. The highest BCUT2D eigenvalue weighted by Crippen LogP contribution is 2.55. The number of fused-ring (bicyclic) bond motifs is 1. The van der Waals surface area contributed by atoms with Crippen molar-refractivity contribution in [1.82, 2.24) is 0 Å². The minimum atomic E-state index is 0.578. The molecule has 1 aromatic carbocycles. The van der Waals surface area contributed by atoms with E-state index >= 15 is 0 Å². The molecule has 3 unspecified atom stereocenters. The first kappa shape index (κ1) is 15.4. The van der Waals surface area contributed by atoms with E-state index in [0.717, 1.165) is 11.8 Å². The topological polar surface area (TPSA) is 0 Å². The van der Waals surface area contributed by atoms with E-state index in [9.17, 15) is 0 Å². The van der Waals surface area contributed by atoms with Gasteiger partial charge in [-0.2, -0.15) is 0 Å². The summed E-state index contributed by atoms with van der Waals surface area (Å²) in [5.74, 6) is 1.81. The van der Waals surface area contributed by atoms with Crippen LogP contribution in [0.4, 0.5) is 0 Å². The Morgan fingerprint density at radius 1 is 1.05 bits per heavy atom. The summed E-state index contributed by atoms with van der Waals surface area (Å²) in [7, 11) is 0. The Bertz CT molecular complexity index is 465. The fourth-order valence-corrected chi connectivity index (χ4v) is 3.91. The molecule has 0 aromatic heterocycles. The molecule has 0 amide bonds. The van der Waals surface area contributed by atoms with E-state index < -0.39 is 0 Å². The van der Waals surface area contributed by atoms with E-state index in [4.69, 9.17) is 0 Å². The number of aryl methyl sites for hydroxylation is 1. The molecule has 0 bridgehead atoms. The highest BCUT2D eigenvalue weighted by Gasteiger charge is 2.45. The largest absolute Gasteiger partial charge is 0.0801 e. The molecule has 0 nitrogen and oxygen atoms in total. The number of hydrogen-bond donors (Lipinski definition) is 0. The quantitative estimate of drug-likeness (QED) is 0.565. The summed E-state index contributed by atoms with van der Waals surface area (Å²) < 4.78 is 0. The van der Waals surface area contributed by atoms with Crippen molar-refractivity contribution in [2.24, 2.45) is 17.3 Å². The first-order valence-corrected chi connectivity index (χ1v) is 8.35. The van der Waals surface area contributed by atoms with Crippen LogP contribution in [0.3, 0.4) is 0 Å². The maximum absolute atomic E-state index is 2.52. The van der Waals surface area contributed by atoms with E-state index in [1.54, 1.807) is 5.57 Å². The predicted octanol–water partition coefficient (Wildman–Crippen LogP) is 6.25. The van der Waals surface area contributed by atoms with Gasteiger partial charge in [0.15, 0.2) is 0 Å². The van der Waals surface area contributed by atoms with Crippen LogP contribution in [0.1, 0.15) is 64.5 Å². The molecule has 0 radical (unpaired) electrons. The Morgan fingerprint density at radius 2 is 1.70 bits per heavy atom. The Morgan fingerprint density at radius 3 is 2.35 bits per heavy atom. The molecule has 0 spiro atoms. The molecule has 2 aliphatic carbocycles. The summed E-state index contributed by atoms with van der Waals surface area (Å²) in [6.45, 7) is 11.1. The Balaban J connectivity index is 0.000000704. The Hall–Kier alpha value is -1.04. The molecule has 0 saturated heterocycles. The maximum atomic E-state index is 2.52. The van der Waals surface area contributed by atoms with Crippen LogP contribution in [0.15, 0.2) is 30.3 Å².